The molecule has 90 valence electrons. The van der Waals surface area contributed by atoms with E-state index in [9.17, 15) is 0 Å². The van der Waals surface area contributed by atoms with E-state index < -0.39 is 0 Å². The molecule has 0 fully saturated rings. The lowest BCUT2D eigenvalue weighted by Gasteiger charge is -2.02. The number of rotatable bonds is 1. The molecule has 0 unspecified atom stereocenters. The molecule has 0 aliphatic carbocycles. The Hall–Kier alpha value is -2.14. The van der Waals surface area contributed by atoms with E-state index in [-0.39, 0.29) is 0 Å². The standard InChI is InChI=1S/C12H10ClN5/c1-6-9(7-2-3-8(13)15-4-7)10-11(14)16-5-17-12(10)18-6/h2-5H,1H3,(H3,14,16,17,18). The van der Waals surface area contributed by atoms with E-state index in [0.29, 0.717) is 11.0 Å². The van der Waals surface area contributed by atoms with Gasteiger partial charge in [-0.3, -0.25) is 0 Å². The van der Waals surface area contributed by atoms with Crippen LogP contribution in [-0.2, 0) is 0 Å². The number of H-pyrrole nitrogens is 1. The first kappa shape index (κ1) is 11.0. The van der Waals surface area contributed by atoms with Gasteiger partial charge >= 0.3 is 0 Å². The fourth-order valence-electron chi connectivity index (χ4n) is 2.05. The number of pyridine rings is 1. The Labute approximate surface area is 108 Å². The topological polar surface area (TPSA) is 80.5 Å². The summed E-state index contributed by atoms with van der Waals surface area (Å²) in [5.41, 5.74) is 9.52. The zero-order valence-electron chi connectivity index (χ0n) is 9.61. The average molecular weight is 260 g/mol. The van der Waals surface area contributed by atoms with Gasteiger partial charge in [0.05, 0.1) is 5.39 Å². The molecule has 18 heavy (non-hydrogen) atoms. The molecule has 0 aromatic carbocycles. The minimum Gasteiger partial charge on any atom is -0.383 e. The molecule has 5 nitrogen and oxygen atoms in total. The second kappa shape index (κ2) is 3.96. The maximum atomic E-state index is 5.92. The van der Waals surface area contributed by atoms with Crippen molar-refractivity contribution in [2.24, 2.45) is 0 Å². The van der Waals surface area contributed by atoms with E-state index in [1.54, 1.807) is 12.3 Å². The third-order valence-electron chi connectivity index (χ3n) is 2.82. The predicted molar refractivity (Wildman–Crippen MR) is 71.3 cm³/mol. The molecule has 3 rings (SSSR count). The van der Waals surface area contributed by atoms with Crippen LogP contribution >= 0.6 is 11.6 Å². The van der Waals surface area contributed by atoms with Gasteiger partial charge in [0, 0.05) is 23.0 Å². The number of nitrogens with one attached hydrogen (secondary N) is 1. The zero-order chi connectivity index (χ0) is 12.7. The number of nitrogen functional groups attached to an aromatic ring is 1. The van der Waals surface area contributed by atoms with Crippen LogP contribution in [0.4, 0.5) is 5.82 Å². The maximum Gasteiger partial charge on any atom is 0.143 e. The van der Waals surface area contributed by atoms with E-state index in [0.717, 1.165) is 27.9 Å². The van der Waals surface area contributed by atoms with Gasteiger partial charge in [-0.25, -0.2) is 15.0 Å². The Morgan fingerprint density at radius 3 is 2.78 bits per heavy atom. The highest BCUT2D eigenvalue weighted by Gasteiger charge is 2.14. The Bertz CT molecular complexity index is 717. The van der Waals surface area contributed by atoms with Gasteiger partial charge in [0.2, 0.25) is 0 Å². The maximum absolute atomic E-state index is 5.92. The minimum absolute atomic E-state index is 0.453. The highest BCUT2D eigenvalue weighted by molar-refractivity contribution is 6.29. The van der Waals surface area contributed by atoms with Crippen molar-refractivity contribution in [1.82, 2.24) is 19.9 Å². The molecule has 3 aromatic rings. The number of aromatic amines is 1. The summed E-state index contributed by atoms with van der Waals surface area (Å²) >= 11 is 5.79. The zero-order valence-corrected chi connectivity index (χ0v) is 10.4. The smallest absolute Gasteiger partial charge is 0.143 e. The normalized spacial score (nSPS) is 11.0. The summed E-state index contributed by atoms with van der Waals surface area (Å²) in [6, 6.07) is 3.65. The molecule has 0 bridgehead atoms. The van der Waals surface area contributed by atoms with Crippen LogP contribution < -0.4 is 5.73 Å². The van der Waals surface area contributed by atoms with Crippen molar-refractivity contribution in [2.75, 3.05) is 5.73 Å². The molecule has 3 N–H and O–H groups in total. The molecule has 0 saturated heterocycles. The first-order valence-corrected chi connectivity index (χ1v) is 5.75. The lowest BCUT2D eigenvalue weighted by molar-refractivity contribution is 1.19. The van der Waals surface area contributed by atoms with Crippen LogP contribution in [0.25, 0.3) is 22.2 Å². The fourth-order valence-corrected chi connectivity index (χ4v) is 2.16. The van der Waals surface area contributed by atoms with Crippen LogP contribution in [0.1, 0.15) is 5.69 Å². The van der Waals surface area contributed by atoms with Gasteiger partial charge in [0.1, 0.15) is 22.9 Å². The van der Waals surface area contributed by atoms with Crippen molar-refractivity contribution in [3.05, 3.63) is 35.5 Å². The quantitative estimate of drug-likeness (QED) is 0.658. The van der Waals surface area contributed by atoms with Crippen LogP contribution in [0.2, 0.25) is 5.15 Å². The summed E-state index contributed by atoms with van der Waals surface area (Å²) in [6.07, 6.45) is 3.15. The number of anilines is 1. The SMILES string of the molecule is Cc1[nH]c2ncnc(N)c2c1-c1ccc(Cl)nc1. The highest BCUT2D eigenvalue weighted by atomic mass is 35.5. The molecule has 0 aliphatic rings. The molecular formula is C12H10ClN5. The second-order valence-corrected chi connectivity index (χ2v) is 4.36. The lowest BCUT2D eigenvalue weighted by atomic mass is 10.1. The molecule has 0 radical (unpaired) electrons. The van der Waals surface area contributed by atoms with Crippen molar-refractivity contribution >= 4 is 28.5 Å². The molecular weight excluding hydrogens is 250 g/mol. The molecule has 0 spiro atoms. The molecule has 3 heterocycles. The monoisotopic (exact) mass is 259 g/mol. The number of aromatic nitrogens is 4. The van der Waals surface area contributed by atoms with Gasteiger partial charge in [-0.15, -0.1) is 0 Å². The van der Waals surface area contributed by atoms with Crippen LogP contribution in [0.5, 0.6) is 0 Å². The lowest BCUT2D eigenvalue weighted by Crippen LogP contribution is -1.92. The number of aryl methyl sites for hydroxylation is 1. The van der Waals surface area contributed by atoms with Crippen molar-refractivity contribution in [2.45, 2.75) is 6.92 Å². The number of halogens is 1. The van der Waals surface area contributed by atoms with Crippen LogP contribution in [0.15, 0.2) is 24.7 Å². The third kappa shape index (κ3) is 1.60. The first-order chi connectivity index (χ1) is 8.66. The first-order valence-electron chi connectivity index (χ1n) is 5.37. The Morgan fingerprint density at radius 1 is 1.22 bits per heavy atom. The van der Waals surface area contributed by atoms with E-state index in [1.165, 1.54) is 6.33 Å². The van der Waals surface area contributed by atoms with Crippen LogP contribution in [0, 0.1) is 6.92 Å². The Kier molecular flexibility index (Phi) is 2.41. The van der Waals surface area contributed by atoms with Crippen molar-refractivity contribution in [1.29, 1.82) is 0 Å². The van der Waals surface area contributed by atoms with Gasteiger partial charge in [-0.05, 0) is 19.1 Å². The van der Waals surface area contributed by atoms with Crippen molar-refractivity contribution < 1.29 is 0 Å². The summed E-state index contributed by atoms with van der Waals surface area (Å²) in [5.74, 6) is 0.453. The molecule has 3 aromatic heterocycles. The number of nitrogens with zero attached hydrogens (tertiary/aromatic N) is 3. The summed E-state index contributed by atoms with van der Waals surface area (Å²) in [6.45, 7) is 1.96. The molecule has 6 heteroatoms. The largest absolute Gasteiger partial charge is 0.383 e. The molecule has 0 amide bonds. The predicted octanol–water partition coefficient (Wildman–Crippen LogP) is 2.56. The Morgan fingerprint density at radius 2 is 2.06 bits per heavy atom. The van der Waals surface area contributed by atoms with Crippen LogP contribution in [0.3, 0.4) is 0 Å². The van der Waals surface area contributed by atoms with Gasteiger partial charge in [0.15, 0.2) is 0 Å². The third-order valence-corrected chi connectivity index (χ3v) is 3.05. The molecule has 0 atom stereocenters. The summed E-state index contributed by atoms with van der Waals surface area (Å²) in [7, 11) is 0. The summed E-state index contributed by atoms with van der Waals surface area (Å²) in [5, 5.41) is 1.28. The van der Waals surface area contributed by atoms with E-state index in [4.69, 9.17) is 17.3 Å². The van der Waals surface area contributed by atoms with Gasteiger partial charge in [-0.2, -0.15) is 0 Å². The van der Waals surface area contributed by atoms with Gasteiger partial charge in [0.25, 0.3) is 0 Å². The van der Waals surface area contributed by atoms with Gasteiger partial charge in [-0.1, -0.05) is 11.6 Å². The average Bonchev–Trinajstić information content (AvgIpc) is 2.68. The van der Waals surface area contributed by atoms with Crippen molar-refractivity contribution in [3.63, 3.8) is 0 Å². The molecule has 0 saturated carbocycles. The van der Waals surface area contributed by atoms with E-state index >= 15 is 0 Å². The summed E-state index contributed by atoms with van der Waals surface area (Å²) < 4.78 is 0. The summed E-state index contributed by atoms with van der Waals surface area (Å²) in [4.78, 5) is 15.5. The Balaban J connectivity index is 2.34. The number of hydrogen-bond acceptors (Lipinski definition) is 4. The minimum atomic E-state index is 0.453. The second-order valence-electron chi connectivity index (χ2n) is 3.98. The number of nitrogens with two attached hydrogens (primary N) is 1. The highest BCUT2D eigenvalue weighted by Crippen LogP contribution is 2.33. The van der Waals surface area contributed by atoms with E-state index in [1.807, 2.05) is 13.0 Å². The fraction of sp³-hybridized carbons (Fsp3) is 0.0833. The van der Waals surface area contributed by atoms with Crippen molar-refractivity contribution in [3.8, 4) is 11.1 Å². The number of hydrogen-bond donors (Lipinski definition) is 2. The van der Waals surface area contributed by atoms with Gasteiger partial charge < -0.3 is 10.7 Å². The number of fused-ring (bicyclic) bond motifs is 1. The van der Waals surface area contributed by atoms with Crippen LogP contribution in [-0.4, -0.2) is 19.9 Å². The van der Waals surface area contributed by atoms with E-state index in [2.05, 4.69) is 19.9 Å². The molecule has 0 aliphatic heterocycles.